The fraction of sp³-hybridized carbons (Fsp3) is 0.438. The van der Waals surface area contributed by atoms with Crippen LogP contribution >= 0.6 is 0 Å². The summed E-state index contributed by atoms with van der Waals surface area (Å²) in [5.74, 6) is 0.0606. The quantitative estimate of drug-likeness (QED) is 0.933. The number of amides is 1. The van der Waals surface area contributed by atoms with Gasteiger partial charge in [-0.05, 0) is 37.9 Å². The minimum Gasteiger partial charge on any atom is -0.431 e. The number of nitrogens with one attached hydrogen (secondary N) is 1. The van der Waals surface area contributed by atoms with Gasteiger partial charge in [-0.3, -0.25) is 9.78 Å². The summed E-state index contributed by atoms with van der Waals surface area (Å²) < 4.78 is 18.7. The van der Waals surface area contributed by atoms with Crippen molar-refractivity contribution in [1.82, 2.24) is 20.2 Å². The summed E-state index contributed by atoms with van der Waals surface area (Å²) >= 11 is 0. The SMILES string of the molecule is O=C(N[C@H]1CN2CCC1CC2)c1ncc(-c2cc(F)ccn2)o1. The lowest BCUT2D eigenvalue weighted by atomic mass is 9.84. The number of hydrogen-bond donors (Lipinski definition) is 1. The van der Waals surface area contributed by atoms with Gasteiger partial charge in [0.15, 0.2) is 5.76 Å². The topological polar surface area (TPSA) is 71.3 Å². The fourth-order valence-corrected chi connectivity index (χ4v) is 3.40. The third-order valence-electron chi connectivity index (χ3n) is 4.65. The highest BCUT2D eigenvalue weighted by molar-refractivity contribution is 5.90. The first-order chi connectivity index (χ1) is 11.2. The van der Waals surface area contributed by atoms with Crippen LogP contribution in [-0.2, 0) is 0 Å². The highest BCUT2D eigenvalue weighted by atomic mass is 19.1. The summed E-state index contributed by atoms with van der Waals surface area (Å²) in [6.45, 7) is 3.12. The molecule has 1 amide bonds. The first kappa shape index (κ1) is 14.3. The zero-order valence-corrected chi connectivity index (χ0v) is 12.5. The summed E-state index contributed by atoms with van der Waals surface area (Å²) in [6.07, 6.45) is 4.98. The van der Waals surface area contributed by atoms with E-state index in [0.29, 0.717) is 11.6 Å². The first-order valence-electron chi connectivity index (χ1n) is 7.80. The average Bonchev–Trinajstić information content (AvgIpc) is 3.06. The Balaban J connectivity index is 1.47. The number of rotatable bonds is 3. The van der Waals surface area contributed by atoms with Gasteiger partial charge >= 0.3 is 5.91 Å². The smallest absolute Gasteiger partial charge is 0.307 e. The van der Waals surface area contributed by atoms with Gasteiger partial charge in [0.1, 0.15) is 11.5 Å². The number of carbonyl (C=O) groups is 1. The minimum atomic E-state index is -0.412. The van der Waals surface area contributed by atoms with Crippen LogP contribution < -0.4 is 5.32 Å². The Morgan fingerprint density at radius 2 is 2.17 bits per heavy atom. The second kappa shape index (κ2) is 5.73. The van der Waals surface area contributed by atoms with Gasteiger partial charge in [0.2, 0.25) is 0 Å². The van der Waals surface area contributed by atoms with Crippen LogP contribution in [0.4, 0.5) is 4.39 Å². The average molecular weight is 316 g/mol. The van der Waals surface area contributed by atoms with Gasteiger partial charge in [0, 0.05) is 24.8 Å². The maximum atomic E-state index is 13.2. The molecule has 2 bridgehead atoms. The molecule has 0 spiro atoms. The van der Waals surface area contributed by atoms with Crippen LogP contribution in [-0.4, -0.2) is 46.5 Å². The van der Waals surface area contributed by atoms with E-state index in [1.54, 1.807) is 0 Å². The second-order valence-corrected chi connectivity index (χ2v) is 6.11. The van der Waals surface area contributed by atoms with Crippen molar-refractivity contribution in [3.8, 4) is 11.5 Å². The number of hydrogen-bond acceptors (Lipinski definition) is 5. The van der Waals surface area contributed by atoms with Crippen molar-refractivity contribution < 1.29 is 13.6 Å². The van der Waals surface area contributed by atoms with Crippen LogP contribution in [0.15, 0.2) is 28.9 Å². The predicted octanol–water partition coefficient (Wildman–Crippen LogP) is 1.70. The van der Waals surface area contributed by atoms with Crippen molar-refractivity contribution >= 4 is 5.91 Å². The molecule has 23 heavy (non-hydrogen) atoms. The van der Waals surface area contributed by atoms with Crippen LogP contribution in [0.5, 0.6) is 0 Å². The van der Waals surface area contributed by atoms with Crippen molar-refractivity contribution in [1.29, 1.82) is 0 Å². The van der Waals surface area contributed by atoms with Gasteiger partial charge in [-0.2, -0.15) is 0 Å². The highest BCUT2D eigenvalue weighted by Crippen LogP contribution is 2.27. The van der Waals surface area contributed by atoms with Gasteiger partial charge in [-0.1, -0.05) is 0 Å². The summed E-state index contributed by atoms with van der Waals surface area (Å²) in [7, 11) is 0. The molecule has 0 radical (unpaired) electrons. The Kier molecular flexibility index (Phi) is 3.57. The molecule has 3 aliphatic rings. The van der Waals surface area contributed by atoms with Gasteiger partial charge in [0.25, 0.3) is 5.89 Å². The maximum Gasteiger partial charge on any atom is 0.307 e. The Labute approximate surface area is 132 Å². The largest absolute Gasteiger partial charge is 0.431 e. The number of piperidine rings is 3. The summed E-state index contributed by atoms with van der Waals surface area (Å²) in [6, 6.07) is 2.64. The molecule has 0 aliphatic carbocycles. The Bertz CT molecular complexity index is 724. The number of halogens is 1. The normalized spacial score (nSPS) is 26.2. The molecular formula is C16H17FN4O2. The molecule has 5 rings (SSSR count). The molecule has 5 heterocycles. The lowest BCUT2D eigenvalue weighted by molar-refractivity contribution is 0.0602. The minimum absolute atomic E-state index is 0.0116. The van der Waals surface area contributed by atoms with E-state index in [9.17, 15) is 9.18 Å². The van der Waals surface area contributed by atoms with Crippen LogP contribution in [0, 0.1) is 11.7 Å². The van der Waals surface area contributed by atoms with Gasteiger partial charge < -0.3 is 14.6 Å². The molecule has 1 N–H and O–H groups in total. The molecule has 2 aromatic rings. The Hall–Kier alpha value is -2.28. The zero-order valence-electron chi connectivity index (χ0n) is 12.5. The monoisotopic (exact) mass is 316 g/mol. The predicted molar refractivity (Wildman–Crippen MR) is 80.1 cm³/mol. The number of fused-ring (bicyclic) bond motifs is 3. The van der Waals surface area contributed by atoms with E-state index in [1.807, 2.05) is 0 Å². The van der Waals surface area contributed by atoms with Gasteiger partial charge in [0.05, 0.1) is 6.20 Å². The lowest BCUT2D eigenvalue weighted by Crippen LogP contribution is -2.57. The fourth-order valence-electron chi connectivity index (χ4n) is 3.40. The van der Waals surface area contributed by atoms with Gasteiger partial charge in [-0.25, -0.2) is 9.37 Å². The molecule has 0 saturated carbocycles. The van der Waals surface area contributed by atoms with E-state index in [2.05, 4.69) is 20.2 Å². The molecule has 2 aromatic heterocycles. The van der Waals surface area contributed by atoms with Crippen molar-refractivity contribution in [2.75, 3.05) is 19.6 Å². The molecule has 3 fully saturated rings. The molecule has 0 aromatic carbocycles. The molecule has 7 heteroatoms. The highest BCUT2D eigenvalue weighted by Gasteiger charge is 2.35. The Morgan fingerprint density at radius 1 is 1.35 bits per heavy atom. The van der Waals surface area contributed by atoms with E-state index in [4.69, 9.17) is 4.42 Å². The number of nitrogens with zero attached hydrogens (tertiary/aromatic N) is 3. The van der Waals surface area contributed by atoms with E-state index in [-0.39, 0.29) is 23.6 Å². The van der Waals surface area contributed by atoms with Crippen LogP contribution in [0.3, 0.4) is 0 Å². The molecule has 3 saturated heterocycles. The van der Waals surface area contributed by atoms with E-state index in [0.717, 1.165) is 32.5 Å². The first-order valence-corrected chi connectivity index (χ1v) is 7.80. The number of carbonyl (C=O) groups excluding carboxylic acids is 1. The molecule has 1 atom stereocenters. The molecule has 3 aliphatic heterocycles. The van der Waals surface area contributed by atoms with Crippen molar-refractivity contribution in [3.63, 3.8) is 0 Å². The number of oxazole rings is 1. The Morgan fingerprint density at radius 3 is 2.87 bits per heavy atom. The molecule has 120 valence electrons. The lowest BCUT2D eigenvalue weighted by Gasteiger charge is -2.44. The zero-order chi connectivity index (χ0) is 15.8. The molecule has 0 unspecified atom stereocenters. The summed E-state index contributed by atoms with van der Waals surface area (Å²) in [5.41, 5.74) is 0.319. The third kappa shape index (κ3) is 2.84. The summed E-state index contributed by atoms with van der Waals surface area (Å²) in [5, 5.41) is 3.01. The van der Waals surface area contributed by atoms with Crippen LogP contribution in [0.2, 0.25) is 0 Å². The molecule has 6 nitrogen and oxygen atoms in total. The van der Waals surface area contributed by atoms with E-state index >= 15 is 0 Å². The van der Waals surface area contributed by atoms with E-state index < -0.39 is 5.82 Å². The maximum absolute atomic E-state index is 13.2. The number of pyridine rings is 1. The summed E-state index contributed by atoms with van der Waals surface area (Å²) in [4.78, 5) is 22.7. The van der Waals surface area contributed by atoms with Crippen LogP contribution in [0.25, 0.3) is 11.5 Å². The second-order valence-electron chi connectivity index (χ2n) is 6.11. The van der Waals surface area contributed by atoms with Crippen LogP contribution in [0.1, 0.15) is 23.5 Å². The molecular weight excluding hydrogens is 299 g/mol. The third-order valence-corrected chi connectivity index (χ3v) is 4.65. The van der Waals surface area contributed by atoms with E-state index in [1.165, 1.54) is 24.5 Å². The standard InChI is InChI=1S/C16H17FN4O2/c17-11-1-4-18-12(7-11)14-8-19-16(23-14)15(22)20-13-9-21-5-2-10(13)3-6-21/h1,4,7-8,10,13H,2-3,5-6,9H2,(H,20,22)/t13-/m0/s1. The van der Waals surface area contributed by atoms with Crippen molar-refractivity contribution in [2.45, 2.75) is 18.9 Å². The van der Waals surface area contributed by atoms with Crippen molar-refractivity contribution in [2.24, 2.45) is 5.92 Å². The van der Waals surface area contributed by atoms with Gasteiger partial charge in [-0.15, -0.1) is 0 Å². The number of aromatic nitrogens is 2. The van der Waals surface area contributed by atoms with Crippen molar-refractivity contribution in [3.05, 3.63) is 36.2 Å².